The maximum absolute atomic E-state index is 13.3. The predicted octanol–water partition coefficient (Wildman–Crippen LogP) is 4.03. The quantitative estimate of drug-likeness (QED) is 0.741. The fourth-order valence-corrected chi connectivity index (χ4v) is 5.00. The van der Waals surface area contributed by atoms with E-state index in [0.717, 1.165) is 37.4 Å². The average Bonchev–Trinajstić information content (AvgIpc) is 2.80. The summed E-state index contributed by atoms with van der Waals surface area (Å²) >= 11 is 6.48. The van der Waals surface area contributed by atoms with E-state index in [-0.39, 0.29) is 23.8 Å². The van der Waals surface area contributed by atoms with Gasteiger partial charge in [-0.15, -0.1) is 0 Å². The van der Waals surface area contributed by atoms with Crippen molar-refractivity contribution < 1.29 is 9.59 Å². The Bertz CT molecular complexity index is 957. The zero-order valence-corrected chi connectivity index (χ0v) is 19.5. The van der Waals surface area contributed by atoms with Gasteiger partial charge in [0.1, 0.15) is 0 Å². The van der Waals surface area contributed by atoms with Crippen LogP contribution in [-0.4, -0.2) is 61.4 Å². The molecule has 2 aromatic rings. The highest BCUT2D eigenvalue weighted by molar-refractivity contribution is 6.31. The molecule has 0 aromatic heterocycles. The monoisotopic (exact) mass is 454 g/mol. The largest absolute Gasteiger partial charge is 0.369 e. The lowest BCUT2D eigenvalue weighted by Crippen LogP contribution is -2.46. The number of nitrogens with one attached hydrogen (secondary N) is 1. The molecule has 2 aromatic carbocycles. The summed E-state index contributed by atoms with van der Waals surface area (Å²) in [6.07, 6.45) is 0.881. The molecule has 4 rings (SSSR count). The summed E-state index contributed by atoms with van der Waals surface area (Å²) in [6.45, 7) is 6.60. The number of carbonyl (C=O) groups is 2. The Morgan fingerprint density at radius 1 is 1.06 bits per heavy atom. The maximum Gasteiger partial charge on any atom is 0.229 e. The number of likely N-dealkylation sites (N-methyl/N-ethyl adjacent to an activating group) is 1. The van der Waals surface area contributed by atoms with Gasteiger partial charge in [0.15, 0.2) is 0 Å². The Morgan fingerprint density at radius 2 is 1.75 bits per heavy atom. The van der Waals surface area contributed by atoms with E-state index in [1.165, 1.54) is 5.69 Å². The molecule has 170 valence electrons. The van der Waals surface area contributed by atoms with E-state index in [0.29, 0.717) is 24.4 Å². The topological polar surface area (TPSA) is 55.9 Å². The Balaban J connectivity index is 1.51. The number of piperazine rings is 1. The van der Waals surface area contributed by atoms with Gasteiger partial charge in [0.2, 0.25) is 11.8 Å². The second kappa shape index (κ2) is 9.92. The van der Waals surface area contributed by atoms with Crippen LogP contribution in [-0.2, 0) is 9.59 Å². The summed E-state index contributed by atoms with van der Waals surface area (Å²) in [7, 11) is 2.14. The van der Waals surface area contributed by atoms with Gasteiger partial charge >= 0.3 is 0 Å². The van der Waals surface area contributed by atoms with Crippen molar-refractivity contribution in [1.82, 2.24) is 9.80 Å². The van der Waals surface area contributed by atoms with E-state index in [1.54, 1.807) is 4.90 Å². The minimum atomic E-state index is -0.362. The SMILES string of the molecule is CCN1C(=O)CC[C@@H](C(=O)Nc2ccc(N3CCN(C)CC3)cc2)[C@@H]1c1ccccc1Cl. The van der Waals surface area contributed by atoms with Crippen molar-refractivity contribution >= 4 is 34.8 Å². The molecule has 6 nitrogen and oxygen atoms in total. The van der Waals surface area contributed by atoms with Gasteiger partial charge in [0.05, 0.1) is 12.0 Å². The zero-order valence-electron chi connectivity index (χ0n) is 18.8. The van der Waals surface area contributed by atoms with Crippen LogP contribution >= 0.6 is 11.6 Å². The van der Waals surface area contributed by atoms with E-state index in [1.807, 2.05) is 43.3 Å². The second-order valence-electron chi connectivity index (χ2n) is 8.62. The number of rotatable bonds is 5. The van der Waals surface area contributed by atoms with Gasteiger partial charge in [-0.2, -0.15) is 0 Å². The number of anilines is 2. The molecule has 0 radical (unpaired) electrons. The zero-order chi connectivity index (χ0) is 22.7. The number of amides is 2. The molecule has 2 atom stereocenters. The number of likely N-dealkylation sites (tertiary alicyclic amines) is 1. The first-order valence-corrected chi connectivity index (χ1v) is 11.7. The first kappa shape index (κ1) is 22.6. The van der Waals surface area contributed by atoms with Gasteiger partial charge in [0, 0.05) is 55.5 Å². The highest BCUT2D eigenvalue weighted by Gasteiger charge is 2.40. The van der Waals surface area contributed by atoms with E-state index >= 15 is 0 Å². The molecule has 0 bridgehead atoms. The molecule has 7 heteroatoms. The van der Waals surface area contributed by atoms with Crippen LogP contribution in [0.15, 0.2) is 48.5 Å². The lowest BCUT2D eigenvalue weighted by Gasteiger charge is -2.40. The first-order valence-electron chi connectivity index (χ1n) is 11.4. The standard InChI is InChI=1S/C25H31ClN4O2/c1-3-30-23(31)13-12-21(24(30)20-6-4-5-7-22(20)26)25(32)27-18-8-10-19(11-9-18)29-16-14-28(2)15-17-29/h4-11,21,24H,3,12-17H2,1-2H3,(H,27,32)/t21-,24+/m1/s1. The number of benzene rings is 2. The minimum Gasteiger partial charge on any atom is -0.369 e. The third kappa shape index (κ3) is 4.76. The highest BCUT2D eigenvalue weighted by Crippen LogP contribution is 2.40. The molecule has 32 heavy (non-hydrogen) atoms. The molecule has 2 saturated heterocycles. The fraction of sp³-hybridized carbons (Fsp3) is 0.440. The second-order valence-corrected chi connectivity index (χ2v) is 9.02. The Morgan fingerprint density at radius 3 is 2.41 bits per heavy atom. The van der Waals surface area contributed by atoms with Gasteiger partial charge < -0.3 is 20.0 Å². The lowest BCUT2D eigenvalue weighted by atomic mass is 9.83. The van der Waals surface area contributed by atoms with Gasteiger partial charge in [-0.25, -0.2) is 0 Å². The van der Waals surface area contributed by atoms with Crippen LogP contribution in [0.2, 0.25) is 5.02 Å². The molecular weight excluding hydrogens is 424 g/mol. The van der Waals surface area contributed by atoms with Gasteiger partial charge in [-0.05, 0) is 56.3 Å². The smallest absolute Gasteiger partial charge is 0.229 e. The maximum atomic E-state index is 13.3. The average molecular weight is 455 g/mol. The summed E-state index contributed by atoms with van der Waals surface area (Å²) in [4.78, 5) is 32.4. The molecule has 2 fully saturated rings. The van der Waals surface area contributed by atoms with Gasteiger partial charge in [-0.3, -0.25) is 9.59 Å². The van der Waals surface area contributed by atoms with E-state index in [2.05, 4.69) is 34.3 Å². The van der Waals surface area contributed by atoms with Crippen molar-refractivity contribution in [1.29, 1.82) is 0 Å². The number of carbonyl (C=O) groups excluding carboxylic acids is 2. The van der Waals surface area contributed by atoms with Gasteiger partial charge in [0.25, 0.3) is 0 Å². The van der Waals surface area contributed by atoms with Crippen LogP contribution in [0, 0.1) is 5.92 Å². The molecule has 0 saturated carbocycles. The van der Waals surface area contributed by atoms with Crippen LogP contribution in [0.25, 0.3) is 0 Å². The Labute approximate surface area is 195 Å². The van der Waals surface area contributed by atoms with Crippen molar-refractivity contribution in [3.8, 4) is 0 Å². The van der Waals surface area contributed by atoms with Crippen LogP contribution < -0.4 is 10.2 Å². The van der Waals surface area contributed by atoms with Crippen LogP contribution in [0.3, 0.4) is 0 Å². The van der Waals surface area contributed by atoms with Crippen LogP contribution in [0.1, 0.15) is 31.4 Å². The summed E-state index contributed by atoms with van der Waals surface area (Å²) in [5.74, 6) is -0.365. The molecular formula is C25H31ClN4O2. The van der Waals surface area contributed by atoms with E-state index in [4.69, 9.17) is 11.6 Å². The number of hydrogen-bond acceptors (Lipinski definition) is 4. The molecule has 0 spiro atoms. The number of nitrogens with zero attached hydrogens (tertiary/aromatic N) is 3. The summed E-state index contributed by atoms with van der Waals surface area (Å²) in [5, 5.41) is 3.66. The van der Waals surface area contributed by atoms with E-state index < -0.39 is 0 Å². The van der Waals surface area contributed by atoms with E-state index in [9.17, 15) is 9.59 Å². The normalized spacial score (nSPS) is 22.2. The molecule has 2 amide bonds. The minimum absolute atomic E-state index is 0.0676. The number of piperidine rings is 1. The first-order chi connectivity index (χ1) is 15.5. The molecule has 1 N–H and O–H groups in total. The van der Waals surface area contributed by atoms with Crippen LogP contribution in [0.5, 0.6) is 0 Å². The van der Waals surface area contributed by atoms with Crippen molar-refractivity contribution in [3.05, 3.63) is 59.1 Å². The molecule has 2 aliphatic rings. The predicted molar refractivity (Wildman–Crippen MR) is 129 cm³/mol. The summed E-state index contributed by atoms with van der Waals surface area (Å²) < 4.78 is 0. The van der Waals surface area contributed by atoms with Crippen molar-refractivity contribution in [2.75, 3.05) is 50.0 Å². The Hall–Kier alpha value is -2.57. The third-order valence-electron chi connectivity index (χ3n) is 6.61. The summed E-state index contributed by atoms with van der Waals surface area (Å²) in [6, 6.07) is 15.2. The third-order valence-corrected chi connectivity index (χ3v) is 6.96. The van der Waals surface area contributed by atoms with Crippen LogP contribution in [0.4, 0.5) is 11.4 Å². The highest BCUT2D eigenvalue weighted by atomic mass is 35.5. The fourth-order valence-electron chi connectivity index (χ4n) is 4.76. The van der Waals surface area contributed by atoms with Crippen molar-refractivity contribution in [3.63, 3.8) is 0 Å². The number of halogens is 1. The van der Waals surface area contributed by atoms with Crippen molar-refractivity contribution in [2.45, 2.75) is 25.8 Å². The molecule has 2 aliphatic heterocycles. The summed E-state index contributed by atoms with van der Waals surface area (Å²) in [5.41, 5.74) is 2.77. The Kier molecular flexibility index (Phi) is 7.01. The van der Waals surface area contributed by atoms with Crippen molar-refractivity contribution in [2.24, 2.45) is 5.92 Å². The molecule has 0 aliphatic carbocycles. The molecule has 0 unspecified atom stereocenters. The lowest BCUT2D eigenvalue weighted by molar-refractivity contribution is -0.141. The number of hydrogen-bond donors (Lipinski definition) is 1. The molecule has 2 heterocycles. The van der Waals surface area contributed by atoms with Gasteiger partial charge in [-0.1, -0.05) is 29.8 Å².